The molecule has 0 spiro atoms. The van der Waals surface area contributed by atoms with Crippen molar-refractivity contribution >= 4 is 17.3 Å². The van der Waals surface area contributed by atoms with Gasteiger partial charge in [-0.2, -0.15) is 0 Å². The molecule has 2 aromatic carbocycles. The molecule has 0 unspecified atom stereocenters. The van der Waals surface area contributed by atoms with Crippen molar-refractivity contribution in [1.29, 1.82) is 0 Å². The van der Waals surface area contributed by atoms with Crippen molar-refractivity contribution in [2.75, 3.05) is 26.2 Å². The van der Waals surface area contributed by atoms with Crippen molar-refractivity contribution in [3.05, 3.63) is 77.1 Å². The highest BCUT2D eigenvalue weighted by atomic mass is 35.5. The van der Waals surface area contributed by atoms with E-state index in [2.05, 4.69) is 29.1 Å². The summed E-state index contributed by atoms with van der Waals surface area (Å²) in [5.74, 6) is -0.231. The van der Waals surface area contributed by atoms with Crippen molar-refractivity contribution in [2.24, 2.45) is 0 Å². The third kappa shape index (κ3) is 4.57. The van der Waals surface area contributed by atoms with Gasteiger partial charge in [0.1, 0.15) is 12.4 Å². The quantitative estimate of drug-likeness (QED) is 0.866. The maximum atomic E-state index is 13.0. The largest absolute Gasteiger partial charge is 0.329 e. The average molecular weight is 347 g/mol. The third-order valence-corrected chi connectivity index (χ3v) is 4.58. The van der Waals surface area contributed by atoms with Gasteiger partial charge in [-0.25, -0.2) is 9.40 Å². The number of halogens is 2. The van der Waals surface area contributed by atoms with Crippen LogP contribution in [0.1, 0.15) is 11.1 Å². The molecule has 3 rings (SSSR count). The van der Waals surface area contributed by atoms with Crippen LogP contribution >= 0.6 is 11.6 Å². The lowest BCUT2D eigenvalue weighted by molar-refractivity contribution is -0.918. The third-order valence-electron chi connectivity index (χ3n) is 4.32. The van der Waals surface area contributed by atoms with E-state index in [4.69, 9.17) is 11.6 Å². The van der Waals surface area contributed by atoms with E-state index in [0.29, 0.717) is 0 Å². The molecule has 1 aliphatic rings. The van der Waals surface area contributed by atoms with Crippen LogP contribution in [0, 0.1) is 5.82 Å². The molecule has 0 bridgehead atoms. The molecule has 3 nitrogen and oxygen atoms in total. The summed E-state index contributed by atoms with van der Waals surface area (Å²) >= 11 is 5.93. The summed E-state index contributed by atoms with van der Waals surface area (Å²) in [5, 5.41) is 2.96. The SMILES string of the molecule is C=C(NN1CC[NH+](Cc2ccc(Cl)cc2)CC1)c1ccc(F)cc1. The van der Waals surface area contributed by atoms with E-state index >= 15 is 0 Å². The molecular formula is C19H22ClFN3+. The maximum Gasteiger partial charge on any atom is 0.123 e. The molecule has 0 amide bonds. The fourth-order valence-electron chi connectivity index (χ4n) is 2.91. The average Bonchev–Trinajstić information content (AvgIpc) is 2.59. The van der Waals surface area contributed by atoms with Gasteiger partial charge in [0.2, 0.25) is 0 Å². The highest BCUT2D eigenvalue weighted by Crippen LogP contribution is 2.11. The molecular weight excluding hydrogens is 325 g/mol. The molecule has 1 saturated heterocycles. The summed E-state index contributed by atoms with van der Waals surface area (Å²) in [6.45, 7) is 9.09. The van der Waals surface area contributed by atoms with Gasteiger partial charge in [0.25, 0.3) is 0 Å². The van der Waals surface area contributed by atoms with Gasteiger partial charge in [0, 0.05) is 16.3 Å². The molecule has 2 aromatic rings. The number of nitrogens with zero attached hydrogens (tertiary/aromatic N) is 1. The Morgan fingerprint density at radius 1 is 1.08 bits per heavy atom. The summed E-state index contributed by atoms with van der Waals surface area (Å²) in [7, 11) is 0. The number of quaternary nitrogens is 1. The lowest BCUT2D eigenvalue weighted by Crippen LogP contribution is -3.13. The van der Waals surface area contributed by atoms with Gasteiger partial charge in [-0.1, -0.05) is 30.3 Å². The molecule has 2 N–H and O–H groups in total. The fourth-order valence-corrected chi connectivity index (χ4v) is 3.03. The van der Waals surface area contributed by atoms with Gasteiger partial charge in [-0.15, -0.1) is 0 Å². The maximum absolute atomic E-state index is 13.0. The van der Waals surface area contributed by atoms with Crippen LogP contribution < -0.4 is 10.3 Å². The Morgan fingerprint density at radius 2 is 1.71 bits per heavy atom. The highest BCUT2D eigenvalue weighted by Gasteiger charge is 2.20. The van der Waals surface area contributed by atoms with Crippen LogP contribution in [0.15, 0.2) is 55.1 Å². The van der Waals surface area contributed by atoms with E-state index in [0.717, 1.165) is 49.0 Å². The Labute approximate surface area is 147 Å². The van der Waals surface area contributed by atoms with E-state index < -0.39 is 0 Å². The molecule has 1 aliphatic heterocycles. The molecule has 5 heteroatoms. The molecule has 0 aromatic heterocycles. The van der Waals surface area contributed by atoms with Crippen LogP contribution in [0.25, 0.3) is 5.70 Å². The van der Waals surface area contributed by atoms with Crippen LogP contribution in [-0.4, -0.2) is 31.2 Å². The first kappa shape index (κ1) is 17.0. The molecule has 24 heavy (non-hydrogen) atoms. The molecule has 0 aliphatic carbocycles. The number of rotatable bonds is 5. The fraction of sp³-hybridized carbons (Fsp3) is 0.263. The normalized spacial score (nSPS) is 16.1. The Kier molecular flexibility index (Phi) is 5.51. The zero-order valence-corrected chi connectivity index (χ0v) is 14.3. The first-order chi connectivity index (χ1) is 11.6. The second kappa shape index (κ2) is 7.79. The van der Waals surface area contributed by atoms with Crippen LogP contribution in [-0.2, 0) is 6.54 Å². The summed E-state index contributed by atoms with van der Waals surface area (Å²) in [6.07, 6.45) is 0. The zero-order chi connectivity index (χ0) is 16.9. The topological polar surface area (TPSA) is 19.7 Å². The minimum absolute atomic E-state index is 0.231. The van der Waals surface area contributed by atoms with Crippen molar-refractivity contribution in [3.63, 3.8) is 0 Å². The van der Waals surface area contributed by atoms with Gasteiger partial charge in [-0.05, 0) is 42.0 Å². The Balaban J connectivity index is 1.47. The van der Waals surface area contributed by atoms with Crippen LogP contribution in [0.3, 0.4) is 0 Å². The van der Waals surface area contributed by atoms with Crippen LogP contribution in [0.5, 0.6) is 0 Å². The summed E-state index contributed by atoms with van der Waals surface area (Å²) < 4.78 is 13.0. The number of hydrogen-bond acceptors (Lipinski definition) is 2. The number of nitrogens with one attached hydrogen (secondary N) is 2. The van der Waals surface area contributed by atoms with E-state index in [1.54, 1.807) is 17.0 Å². The summed E-state index contributed by atoms with van der Waals surface area (Å²) in [5.41, 5.74) is 6.36. The van der Waals surface area contributed by atoms with E-state index in [1.165, 1.54) is 17.7 Å². The Morgan fingerprint density at radius 3 is 2.33 bits per heavy atom. The molecule has 1 heterocycles. The lowest BCUT2D eigenvalue weighted by atomic mass is 10.2. The minimum atomic E-state index is -0.231. The monoisotopic (exact) mass is 346 g/mol. The van der Waals surface area contributed by atoms with Gasteiger partial charge < -0.3 is 10.3 Å². The number of hydrazine groups is 1. The van der Waals surface area contributed by atoms with Crippen LogP contribution in [0.2, 0.25) is 5.02 Å². The van der Waals surface area contributed by atoms with E-state index in [9.17, 15) is 4.39 Å². The number of benzene rings is 2. The van der Waals surface area contributed by atoms with Gasteiger partial charge in [-0.3, -0.25) is 0 Å². The van der Waals surface area contributed by atoms with E-state index in [-0.39, 0.29) is 5.82 Å². The zero-order valence-electron chi connectivity index (χ0n) is 13.6. The lowest BCUT2D eigenvalue weighted by Gasteiger charge is -2.33. The van der Waals surface area contributed by atoms with Gasteiger partial charge >= 0.3 is 0 Å². The first-order valence-corrected chi connectivity index (χ1v) is 8.52. The summed E-state index contributed by atoms with van der Waals surface area (Å²) in [4.78, 5) is 1.56. The Hall–Kier alpha value is -1.88. The predicted octanol–water partition coefficient (Wildman–Crippen LogP) is 2.36. The molecule has 0 radical (unpaired) electrons. The standard InChI is InChI=1S/C19H21ClFN3/c1-15(17-4-8-19(21)9-5-17)22-24-12-10-23(11-13-24)14-16-2-6-18(20)7-3-16/h2-9,22H,1,10-14H2/p+1. The summed E-state index contributed by atoms with van der Waals surface area (Å²) in [6, 6.07) is 14.5. The molecule has 126 valence electrons. The first-order valence-electron chi connectivity index (χ1n) is 8.14. The molecule has 0 saturated carbocycles. The van der Waals surface area contributed by atoms with Crippen molar-refractivity contribution < 1.29 is 9.29 Å². The van der Waals surface area contributed by atoms with Crippen molar-refractivity contribution in [2.45, 2.75) is 6.54 Å². The number of piperazine rings is 1. The van der Waals surface area contributed by atoms with E-state index in [1.807, 2.05) is 12.1 Å². The van der Waals surface area contributed by atoms with Crippen molar-refractivity contribution in [3.8, 4) is 0 Å². The highest BCUT2D eigenvalue weighted by molar-refractivity contribution is 6.30. The number of hydrogen-bond donors (Lipinski definition) is 2. The smallest absolute Gasteiger partial charge is 0.123 e. The second-order valence-electron chi connectivity index (χ2n) is 6.14. The Bertz CT molecular complexity index is 677. The second-order valence-corrected chi connectivity index (χ2v) is 6.57. The predicted molar refractivity (Wildman–Crippen MR) is 96.0 cm³/mol. The minimum Gasteiger partial charge on any atom is -0.329 e. The van der Waals surface area contributed by atoms with Gasteiger partial charge in [0.05, 0.1) is 26.2 Å². The van der Waals surface area contributed by atoms with Crippen molar-refractivity contribution in [1.82, 2.24) is 10.4 Å². The molecule has 0 atom stereocenters. The van der Waals surface area contributed by atoms with Gasteiger partial charge in [0.15, 0.2) is 0 Å². The molecule has 1 fully saturated rings. The van der Waals surface area contributed by atoms with Crippen LogP contribution in [0.4, 0.5) is 4.39 Å².